The lowest BCUT2D eigenvalue weighted by molar-refractivity contribution is 0.907. The first-order valence-electron chi connectivity index (χ1n) is 5.03. The average molecular weight is 258 g/mol. The van der Waals surface area contributed by atoms with Gasteiger partial charge in [0, 0.05) is 6.20 Å². The highest BCUT2D eigenvalue weighted by molar-refractivity contribution is 7.92. The number of nitrogens with zero attached hydrogens (tertiary/aromatic N) is 3. The van der Waals surface area contributed by atoms with Crippen LogP contribution in [0.15, 0.2) is 12.5 Å². The standard InChI is InChI=1S/C10H9ClFN3S/c1-5-2-6(5)7-3-15(16-12)10-8(7)9(11)13-4-14-10/h3-6H,2H2,1H3. The Hall–Kier alpha value is -0.810. The molecule has 0 spiro atoms. The molecule has 2 aromatic rings. The molecule has 2 unspecified atom stereocenters. The minimum absolute atomic E-state index is 0.142. The van der Waals surface area contributed by atoms with Crippen molar-refractivity contribution in [3.8, 4) is 0 Å². The largest absolute Gasteiger partial charge is 0.247 e. The molecule has 0 N–H and O–H groups in total. The van der Waals surface area contributed by atoms with Crippen LogP contribution in [0.4, 0.5) is 3.89 Å². The lowest BCUT2D eigenvalue weighted by Crippen LogP contribution is -1.86. The van der Waals surface area contributed by atoms with E-state index in [0.717, 1.165) is 17.4 Å². The molecule has 3 rings (SSSR count). The first kappa shape index (κ1) is 10.4. The highest BCUT2D eigenvalue weighted by Crippen LogP contribution is 2.50. The highest BCUT2D eigenvalue weighted by atomic mass is 35.5. The fourth-order valence-electron chi connectivity index (χ4n) is 2.11. The molecule has 3 nitrogen and oxygen atoms in total. The van der Waals surface area contributed by atoms with E-state index < -0.39 is 0 Å². The predicted molar refractivity (Wildman–Crippen MR) is 63.2 cm³/mol. The third-order valence-electron chi connectivity index (χ3n) is 3.12. The minimum atomic E-state index is 0.142. The number of rotatable bonds is 2. The van der Waals surface area contributed by atoms with Gasteiger partial charge in [-0.25, -0.2) is 13.9 Å². The van der Waals surface area contributed by atoms with E-state index in [-0.39, 0.29) is 12.3 Å². The molecule has 2 aromatic heterocycles. The molecule has 2 heterocycles. The van der Waals surface area contributed by atoms with Gasteiger partial charge >= 0.3 is 0 Å². The third kappa shape index (κ3) is 1.42. The summed E-state index contributed by atoms with van der Waals surface area (Å²) in [7, 11) is 0. The lowest BCUT2D eigenvalue weighted by Gasteiger charge is -1.96. The molecular weight excluding hydrogens is 249 g/mol. The first-order chi connectivity index (χ1) is 7.72. The summed E-state index contributed by atoms with van der Waals surface area (Å²) in [4.78, 5) is 8.04. The van der Waals surface area contributed by atoms with E-state index in [1.54, 1.807) is 6.20 Å². The van der Waals surface area contributed by atoms with Crippen molar-refractivity contribution in [1.29, 1.82) is 0 Å². The Morgan fingerprint density at radius 2 is 2.31 bits per heavy atom. The Kier molecular flexibility index (Phi) is 2.33. The Labute approximate surface area is 101 Å². The van der Waals surface area contributed by atoms with Crippen LogP contribution in [0.1, 0.15) is 24.8 Å². The second-order valence-electron chi connectivity index (χ2n) is 4.16. The van der Waals surface area contributed by atoms with Gasteiger partial charge in [-0.15, -0.1) is 3.89 Å². The van der Waals surface area contributed by atoms with Gasteiger partial charge in [0.05, 0.1) is 5.39 Å². The van der Waals surface area contributed by atoms with Crippen molar-refractivity contribution in [2.45, 2.75) is 19.3 Å². The van der Waals surface area contributed by atoms with Crippen LogP contribution in [-0.4, -0.2) is 13.9 Å². The summed E-state index contributed by atoms with van der Waals surface area (Å²) in [6, 6.07) is 0. The van der Waals surface area contributed by atoms with Gasteiger partial charge in [0.15, 0.2) is 18.0 Å². The first-order valence-corrected chi connectivity index (χ1v) is 6.08. The second-order valence-corrected chi connectivity index (χ2v) is 5.05. The van der Waals surface area contributed by atoms with Gasteiger partial charge < -0.3 is 0 Å². The summed E-state index contributed by atoms with van der Waals surface area (Å²) < 4.78 is 14.2. The van der Waals surface area contributed by atoms with Gasteiger partial charge in [-0.2, -0.15) is 0 Å². The normalized spacial score (nSPS) is 23.9. The molecule has 1 aliphatic rings. The van der Waals surface area contributed by atoms with Crippen molar-refractivity contribution in [1.82, 2.24) is 13.9 Å². The van der Waals surface area contributed by atoms with Crippen LogP contribution in [0.5, 0.6) is 0 Å². The number of fused-ring (bicyclic) bond motifs is 1. The van der Waals surface area contributed by atoms with E-state index in [0.29, 0.717) is 22.6 Å². The van der Waals surface area contributed by atoms with Crippen molar-refractivity contribution in [3.05, 3.63) is 23.2 Å². The molecule has 1 aliphatic carbocycles. The van der Waals surface area contributed by atoms with E-state index >= 15 is 0 Å². The van der Waals surface area contributed by atoms with Crippen LogP contribution < -0.4 is 0 Å². The molecule has 1 saturated carbocycles. The molecule has 1 fully saturated rings. The number of aromatic nitrogens is 3. The maximum absolute atomic E-state index is 12.8. The zero-order valence-corrected chi connectivity index (χ0v) is 10.1. The maximum atomic E-state index is 12.8. The topological polar surface area (TPSA) is 30.7 Å². The number of hydrogen-bond donors (Lipinski definition) is 0. The molecule has 0 radical (unpaired) electrons. The molecule has 16 heavy (non-hydrogen) atoms. The summed E-state index contributed by atoms with van der Waals surface area (Å²) in [6.07, 6.45) is 4.27. The van der Waals surface area contributed by atoms with E-state index in [1.807, 2.05) is 0 Å². The highest BCUT2D eigenvalue weighted by Gasteiger charge is 2.37. The SMILES string of the molecule is CC1CC1c1cn(SF)c2ncnc(Cl)c12. The van der Waals surface area contributed by atoms with E-state index in [4.69, 9.17) is 11.6 Å². The van der Waals surface area contributed by atoms with Crippen LogP contribution >= 0.6 is 23.9 Å². The summed E-state index contributed by atoms with van der Waals surface area (Å²) in [5.74, 6) is 1.11. The Morgan fingerprint density at radius 3 is 2.94 bits per heavy atom. The molecular formula is C10H9ClFN3S. The monoisotopic (exact) mass is 257 g/mol. The quantitative estimate of drug-likeness (QED) is 0.771. The smallest absolute Gasteiger partial charge is 0.171 e. The molecule has 0 aliphatic heterocycles. The van der Waals surface area contributed by atoms with Gasteiger partial charge in [0.2, 0.25) is 0 Å². The summed E-state index contributed by atoms with van der Waals surface area (Å²) in [5.41, 5.74) is 1.62. The van der Waals surface area contributed by atoms with E-state index in [1.165, 1.54) is 10.3 Å². The van der Waals surface area contributed by atoms with Crippen LogP contribution in [-0.2, 0) is 0 Å². The van der Waals surface area contributed by atoms with Crippen LogP contribution in [0.2, 0.25) is 5.15 Å². The zero-order chi connectivity index (χ0) is 11.3. The number of halogens is 2. The van der Waals surface area contributed by atoms with Crippen molar-refractivity contribution in [2.75, 3.05) is 0 Å². The Bertz CT molecular complexity index is 556. The van der Waals surface area contributed by atoms with Crippen LogP contribution in [0.25, 0.3) is 11.0 Å². The molecule has 0 amide bonds. The van der Waals surface area contributed by atoms with E-state index in [2.05, 4.69) is 16.9 Å². The van der Waals surface area contributed by atoms with Gasteiger partial charge in [0.1, 0.15) is 11.5 Å². The zero-order valence-electron chi connectivity index (χ0n) is 8.52. The van der Waals surface area contributed by atoms with Crippen molar-refractivity contribution in [2.24, 2.45) is 5.92 Å². The fraction of sp³-hybridized carbons (Fsp3) is 0.400. The van der Waals surface area contributed by atoms with Gasteiger partial charge in [-0.1, -0.05) is 18.5 Å². The maximum Gasteiger partial charge on any atom is 0.171 e. The van der Waals surface area contributed by atoms with Crippen molar-refractivity contribution < 1.29 is 3.89 Å². The summed E-state index contributed by atoms with van der Waals surface area (Å²) in [5, 5.41) is 1.20. The third-order valence-corrected chi connectivity index (χ3v) is 3.83. The van der Waals surface area contributed by atoms with Gasteiger partial charge in [0.25, 0.3) is 0 Å². The molecule has 0 saturated heterocycles. The lowest BCUT2D eigenvalue weighted by atomic mass is 10.1. The summed E-state index contributed by atoms with van der Waals surface area (Å²) >= 11 is 6.20. The van der Waals surface area contributed by atoms with Crippen LogP contribution in [0, 0.1) is 5.92 Å². The van der Waals surface area contributed by atoms with E-state index in [9.17, 15) is 3.89 Å². The summed E-state index contributed by atoms with van der Waals surface area (Å²) in [6.45, 7) is 2.17. The van der Waals surface area contributed by atoms with Gasteiger partial charge in [-0.05, 0) is 23.8 Å². The Morgan fingerprint density at radius 1 is 1.56 bits per heavy atom. The van der Waals surface area contributed by atoms with Crippen molar-refractivity contribution in [3.63, 3.8) is 0 Å². The van der Waals surface area contributed by atoms with Gasteiger partial charge in [-0.3, -0.25) is 0 Å². The van der Waals surface area contributed by atoms with Crippen molar-refractivity contribution >= 4 is 35.0 Å². The molecule has 0 aromatic carbocycles. The molecule has 0 bridgehead atoms. The van der Waals surface area contributed by atoms with Crippen LogP contribution in [0.3, 0.4) is 0 Å². The average Bonchev–Trinajstić information content (AvgIpc) is 2.88. The predicted octanol–water partition coefficient (Wildman–Crippen LogP) is 3.59. The molecule has 2 atom stereocenters. The fourth-order valence-corrected chi connectivity index (χ4v) is 2.71. The molecule has 84 valence electrons. The second kappa shape index (κ2) is 3.60. The molecule has 6 heteroatoms. The number of hydrogen-bond acceptors (Lipinski definition) is 3. The minimum Gasteiger partial charge on any atom is -0.247 e. The Balaban J connectivity index is 2.27.